The van der Waals surface area contributed by atoms with E-state index in [1.165, 1.54) is 16.5 Å². The molecule has 2 heterocycles. The maximum atomic E-state index is 5.68. The fourth-order valence-electron chi connectivity index (χ4n) is 2.44. The molecule has 0 aliphatic heterocycles. The number of rotatable bonds is 4. The summed E-state index contributed by atoms with van der Waals surface area (Å²) in [6.07, 6.45) is 4.15. The largest absolute Gasteiger partial charge is 0.341 e. The van der Waals surface area contributed by atoms with Crippen LogP contribution in [0.15, 0.2) is 42.7 Å². The van der Waals surface area contributed by atoms with E-state index in [1.807, 2.05) is 10.9 Å². The van der Waals surface area contributed by atoms with E-state index in [1.54, 1.807) is 0 Å². The minimum atomic E-state index is 0.400. The van der Waals surface area contributed by atoms with E-state index in [9.17, 15) is 0 Å². The third kappa shape index (κ3) is 2.34. The van der Waals surface area contributed by atoms with E-state index in [4.69, 9.17) is 5.73 Å². The van der Waals surface area contributed by atoms with Crippen LogP contribution in [0, 0.1) is 0 Å². The third-order valence-corrected chi connectivity index (χ3v) is 3.60. The van der Waals surface area contributed by atoms with Crippen molar-refractivity contribution in [3.8, 4) is 0 Å². The molecule has 2 N–H and O–H groups in total. The number of nitrogens with zero attached hydrogens (tertiary/aromatic N) is 3. The summed E-state index contributed by atoms with van der Waals surface area (Å²) in [6, 6.07) is 11.0. The Bertz CT molecular complexity index is 721. The molecule has 4 heteroatoms. The summed E-state index contributed by atoms with van der Waals surface area (Å²) in [5.74, 6) is 0. The van der Waals surface area contributed by atoms with Crippen LogP contribution in [0.3, 0.4) is 0 Å². The molecule has 1 aromatic carbocycles. The summed E-state index contributed by atoms with van der Waals surface area (Å²) in [6.45, 7) is 5.65. The van der Waals surface area contributed by atoms with Crippen molar-refractivity contribution in [1.29, 1.82) is 0 Å². The van der Waals surface area contributed by atoms with Crippen LogP contribution in [0.1, 0.15) is 31.1 Å². The Labute approximate surface area is 118 Å². The fourth-order valence-corrected chi connectivity index (χ4v) is 2.44. The van der Waals surface area contributed by atoms with Crippen molar-refractivity contribution in [3.05, 3.63) is 54.0 Å². The highest BCUT2D eigenvalue weighted by Crippen LogP contribution is 2.19. The molecule has 0 saturated carbocycles. The lowest BCUT2D eigenvalue weighted by molar-refractivity contribution is 0.524. The molecule has 104 valence electrons. The van der Waals surface area contributed by atoms with Crippen LogP contribution < -0.4 is 5.73 Å². The first-order valence-corrected chi connectivity index (χ1v) is 6.99. The topological polar surface area (TPSA) is 48.8 Å². The zero-order chi connectivity index (χ0) is 14.1. The summed E-state index contributed by atoms with van der Waals surface area (Å²) in [5, 5.41) is 5.83. The van der Waals surface area contributed by atoms with Crippen molar-refractivity contribution >= 4 is 10.9 Å². The molecule has 0 amide bonds. The number of hydrogen-bond acceptors (Lipinski definition) is 2. The Morgan fingerprint density at radius 2 is 2.00 bits per heavy atom. The second kappa shape index (κ2) is 5.13. The molecular formula is C16H20N4. The number of fused-ring (bicyclic) bond motifs is 1. The lowest BCUT2D eigenvalue weighted by atomic mass is 10.1. The second-order valence-corrected chi connectivity index (χ2v) is 5.42. The summed E-state index contributed by atoms with van der Waals surface area (Å²) in [7, 11) is 0. The van der Waals surface area contributed by atoms with Gasteiger partial charge in [0.1, 0.15) is 0 Å². The Balaban J connectivity index is 1.90. The smallest absolute Gasteiger partial charge is 0.0821 e. The molecule has 0 aliphatic carbocycles. The standard InChI is InChI=1S/C16H20N4/c1-12(2)20-8-6-15(18-20)11-19-7-5-14-9-13(10-17)3-4-16(14)19/h3-9,12H,10-11,17H2,1-2H3. The number of nitrogens with two attached hydrogens (primary N) is 1. The van der Waals surface area contributed by atoms with Crippen molar-refractivity contribution in [2.45, 2.75) is 33.0 Å². The van der Waals surface area contributed by atoms with Crippen LogP contribution >= 0.6 is 0 Å². The van der Waals surface area contributed by atoms with Gasteiger partial charge in [-0.3, -0.25) is 4.68 Å². The highest BCUT2D eigenvalue weighted by Gasteiger charge is 2.06. The van der Waals surface area contributed by atoms with Crippen molar-refractivity contribution in [3.63, 3.8) is 0 Å². The molecule has 0 aliphatic rings. The quantitative estimate of drug-likeness (QED) is 0.791. The molecule has 0 atom stereocenters. The van der Waals surface area contributed by atoms with Gasteiger partial charge in [-0.15, -0.1) is 0 Å². The van der Waals surface area contributed by atoms with Crippen LogP contribution in [-0.4, -0.2) is 14.3 Å². The van der Waals surface area contributed by atoms with E-state index in [0.717, 1.165) is 12.2 Å². The average Bonchev–Trinajstić information content (AvgIpc) is 3.06. The molecule has 3 rings (SSSR count). The van der Waals surface area contributed by atoms with Crippen molar-refractivity contribution < 1.29 is 0 Å². The lowest BCUT2D eigenvalue weighted by Gasteiger charge is -2.06. The monoisotopic (exact) mass is 268 g/mol. The van der Waals surface area contributed by atoms with Gasteiger partial charge >= 0.3 is 0 Å². The minimum absolute atomic E-state index is 0.400. The number of hydrogen-bond donors (Lipinski definition) is 1. The zero-order valence-electron chi connectivity index (χ0n) is 12.0. The van der Waals surface area contributed by atoms with Gasteiger partial charge in [-0.2, -0.15) is 5.10 Å². The Morgan fingerprint density at radius 3 is 2.70 bits per heavy atom. The van der Waals surface area contributed by atoms with Crippen LogP contribution in [0.4, 0.5) is 0 Å². The van der Waals surface area contributed by atoms with Gasteiger partial charge < -0.3 is 10.3 Å². The Morgan fingerprint density at radius 1 is 1.15 bits per heavy atom. The highest BCUT2D eigenvalue weighted by molar-refractivity contribution is 5.80. The van der Waals surface area contributed by atoms with E-state index in [0.29, 0.717) is 12.6 Å². The predicted molar refractivity (Wildman–Crippen MR) is 81.5 cm³/mol. The summed E-state index contributed by atoms with van der Waals surface area (Å²) >= 11 is 0. The zero-order valence-corrected chi connectivity index (χ0v) is 12.0. The number of aromatic nitrogens is 3. The van der Waals surface area contributed by atoms with Gasteiger partial charge in [0, 0.05) is 30.5 Å². The van der Waals surface area contributed by atoms with Gasteiger partial charge in [-0.1, -0.05) is 6.07 Å². The molecular weight excluding hydrogens is 248 g/mol. The molecule has 0 bridgehead atoms. The van der Waals surface area contributed by atoms with Crippen molar-refractivity contribution in [2.75, 3.05) is 0 Å². The molecule has 3 aromatic rings. The molecule has 0 spiro atoms. The lowest BCUT2D eigenvalue weighted by Crippen LogP contribution is -2.04. The molecule has 2 aromatic heterocycles. The van der Waals surface area contributed by atoms with Crippen LogP contribution in [0.5, 0.6) is 0 Å². The van der Waals surface area contributed by atoms with E-state index < -0.39 is 0 Å². The van der Waals surface area contributed by atoms with Crippen LogP contribution in [0.2, 0.25) is 0 Å². The predicted octanol–water partition coefficient (Wildman–Crippen LogP) is 2.93. The van der Waals surface area contributed by atoms with E-state index >= 15 is 0 Å². The van der Waals surface area contributed by atoms with Gasteiger partial charge in [0.25, 0.3) is 0 Å². The fraction of sp³-hybridized carbons (Fsp3) is 0.312. The molecule has 4 nitrogen and oxygen atoms in total. The summed E-state index contributed by atoms with van der Waals surface area (Å²) in [4.78, 5) is 0. The van der Waals surface area contributed by atoms with Crippen molar-refractivity contribution in [2.24, 2.45) is 5.73 Å². The minimum Gasteiger partial charge on any atom is -0.341 e. The molecule has 0 radical (unpaired) electrons. The first-order chi connectivity index (χ1) is 9.67. The average molecular weight is 268 g/mol. The summed E-state index contributed by atoms with van der Waals surface area (Å²) in [5.41, 5.74) is 9.15. The van der Waals surface area contributed by atoms with Gasteiger partial charge in [-0.05, 0) is 49.1 Å². The third-order valence-electron chi connectivity index (χ3n) is 3.60. The summed E-state index contributed by atoms with van der Waals surface area (Å²) < 4.78 is 4.22. The maximum absolute atomic E-state index is 5.68. The maximum Gasteiger partial charge on any atom is 0.0821 e. The van der Waals surface area contributed by atoms with Gasteiger partial charge in [0.05, 0.1) is 12.2 Å². The number of benzene rings is 1. The first kappa shape index (κ1) is 12.9. The Hall–Kier alpha value is -2.07. The second-order valence-electron chi connectivity index (χ2n) is 5.42. The molecule has 0 saturated heterocycles. The highest BCUT2D eigenvalue weighted by atomic mass is 15.3. The van der Waals surface area contributed by atoms with E-state index in [2.05, 4.69) is 60.0 Å². The van der Waals surface area contributed by atoms with Crippen LogP contribution in [-0.2, 0) is 13.1 Å². The van der Waals surface area contributed by atoms with Crippen molar-refractivity contribution in [1.82, 2.24) is 14.3 Å². The normalized spacial score (nSPS) is 11.6. The van der Waals surface area contributed by atoms with Gasteiger partial charge in [0.2, 0.25) is 0 Å². The molecule has 20 heavy (non-hydrogen) atoms. The molecule has 0 unspecified atom stereocenters. The SMILES string of the molecule is CC(C)n1ccc(Cn2ccc3cc(CN)ccc32)n1. The van der Waals surface area contributed by atoms with Crippen LogP contribution in [0.25, 0.3) is 10.9 Å². The van der Waals surface area contributed by atoms with Gasteiger partial charge in [0.15, 0.2) is 0 Å². The first-order valence-electron chi connectivity index (χ1n) is 6.99. The molecule has 0 fully saturated rings. The van der Waals surface area contributed by atoms with E-state index in [-0.39, 0.29) is 0 Å². The Kier molecular flexibility index (Phi) is 3.32. The van der Waals surface area contributed by atoms with Gasteiger partial charge in [-0.25, -0.2) is 0 Å².